The fourth-order valence-electron chi connectivity index (χ4n) is 4.43. The van der Waals surface area contributed by atoms with Gasteiger partial charge in [-0.1, -0.05) is 35.9 Å². The van der Waals surface area contributed by atoms with Gasteiger partial charge in [0.05, 0.1) is 12.7 Å². The fraction of sp³-hybridized carbons (Fsp3) is 0.250. The minimum absolute atomic E-state index is 0.0223. The maximum atomic E-state index is 13.3. The number of methoxy groups -OCH3 is 1. The van der Waals surface area contributed by atoms with Gasteiger partial charge in [0.2, 0.25) is 0 Å². The summed E-state index contributed by atoms with van der Waals surface area (Å²) in [6, 6.07) is 14.2. The van der Waals surface area contributed by atoms with Crippen LogP contribution in [0.15, 0.2) is 71.1 Å². The molecule has 2 atom stereocenters. The number of aromatic hydroxyl groups is 1. The van der Waals surface area contributed by atoms with Crippen molar-refractivity contribution >= 4 is 23.4 Å². The third-order valence-corrected chi connectivity index (χ3v) is 6.03. The van der Waals surface area contributed by atoms with Gasteiger partial charge in [0.1, 0.15) is 5.75 Å². The molecule has 4 rings (SSSR count). The van der Waals surface area contributed by atoms with E-state index in [2.05, 4.69) is 5.32 Å². The number of Topliss-reactive ketones (excluding diaryl/α,β-unsaturated/α-hetero) is 1. The van der Waals surface area contributed by atoms with E-state index in [1.807, 2.05) is 37.3 Å². The molecule has 0 amide bonds. The Morgan fingerprint density at radius 1 is 1.13 bits per heavy atom. The molecule has 2 aromatic rings. The molecule has 1 heterocycles. The minimum Gasteiger partial charge on any atom is -0.508 e. The summed E-state index contributed by atoms with van der Waals surface area (Å²) >= 11 is 6.01. The van der Waals surface area contributed by atoms with Gasteiger partial charge in [-0.2, -0.15) is 0 Å². The molecule has 0 spiro atoms. The lowest BCUT2D eigenvalue weighted by Gasteiger charge is -2.36. The second kappa shape index (κ2) is 8.00. The number of halogens is 1. The summed E-state index contributed by atoms with van der Waals surface area (Å²) in [7, 11) is 1.32. The molecule has 5 nitrogen and oxygen atoms in total. The Bertz CT molecular complexity index is 1080. The Balaban J connectivity index is 1.80. The lowest BCUT2D eigenvalue weighted by molar-refractivity contribution is -0.136. The first kappa shape index (κ1) is 20.2. The van der Waals surface area contributed by atoms with Gasteiger partial charge in [-0.25, -0.2) is 4.79 Å². The van der Waals surface area contributed by atoms with Crippen LogP contribution in [0.3, 0.4) is 0 Å². The summed E-state index contributed by atoms with van der Waals surface area (Å²) < 4.78 is 5.01. The molecule has 0 bridgehead atoms. The Hall–Kier alpha value is -3.05. The zero-order valence-electron chi connectivity index (χ0n) is 16.7. The highest BCUT2D eigenvalue weighted by Gasteiger charge is 2.41. The van der Waals surface area contributed by atoms with Crippen molar-refractivity contribution in [3.8, 4) is 5.75 Å². The highest BCUT2D eigenvalue weighted by atomic mass is 35.5. The van der Waals surface area contributed by atoms with Gasteiger partial charge in [-0.15, -0.1) is 0 Å². The number of hydrogen-bond donors (Lipinski definition) is 2. The number of rotatable bonds is 3. The van der Waals surface area contributed by atoms with Crippen LogP contribution in [-0.2, 0) is 14.3 Å². The van der Waals surface area contributed by atoms with E-state index in [0.29, 0.717) is 40.3 Å². The second-order valence-electron chi connectivity index (χ2n) is 7.66. The number of hydrogen-bond acceptors (Lipinski definition) is 5. The largest absolute Gasteiger partial charge is 0.508 e. The summed E-state index contributed by atoms with van der Waals surface area (Å²) in [5.41, 5.74) is 4.15. The van der Waals surface area contributed by atoms with Gasteiger partial charge in [0, 0.05) is 34.3 Å². The first-order valence-electron chi connectivity index (χ1n) is 9.75. The quantitative estimate of drug-likeness (QED) is 0.707. The van der Waals surface area contributed by atoms with Gasteiger partial charge in [-0.05, 0) is 54.7 Å². The van der Waals surface area contributed by atoms with E-state index in [0.717, 1.165) is 11.3 Å². The second-order valence-corrected chi connectivity index (χ2v) is 8.09. The van der Waals surface area contributed by atoms with Gasteiger partial charge in [0.15, 0.2) is 5.78 Å². The number of benzene rings is 2. The molecule has 2 aliphatic rings. The molecule has 2 unspecified atom stereocenters. The molecule has 0 aromatic heterocycles. The molecule has 0 fully saturated rings. The van der Waals surface area contributed by atoms with Crippen LogP contribution in [0.25, 0.3) is 0 Å². The number of phenols is 1. The number of ether oxygens (including phenoxy) is 1. The first-order valence-corrected chi connectivity index (χ1v) is 10.1. The highest BCUT2D eigenvalue weighted by Crippen LogP contribution is 2.46. The molecular weight excluding hydrogens is 402 g/mol. The molecule has 2 aromatic carbocycles. The smallest absolute Gasteiger partial charge is 0.336 e. The number of esters is 1. The maximum absolute atomic E-state index is 13.3. The average Bonchev–Trinajstić information content (AvgIpc) is 2.72. The van der Waals surface area contributed by atoms with Crippen LogP contribution >= 0.6 is 11.6 Å². The Morgan fingerprint density at radius 2 is 1.87 bits per heavy atom. The van der Waals surface area contributed by atoms with Crippen molar-refractivity contribution in [3.05, 3.63) is 87.2 Å². The monoisotopic (exact) mass is 423 g/mol. The number of dihydropyridines is 1. The van der Waals surface area contributed by atoms with Gasteiger partial charge < -0.3 is 15.2 Å². The lowest BCUT2D eigenvalue weighted by Crippen LogP contribution is -2.36. The molecule has 1 aliphatic heterocycles. The topological polar surface area (TPSA) is 75.6 Å². The van der Waals surface area contributed by atoms with Crippen LogP contribution in [0.1, 0.15) is 42.7 Å². The van der Waals surface area contributed by atoms with Crippen molar-refractivity contribution in [3.63, 3.8) is 0 Å². The summed E-state index contributed by atoms with van der Waals surface area (Å²) in [6.45, 7) is 1.81. The van der Waals surface area contributed by atoms with Crippen LogP contribution in [0, 0.1) is 0 Å². The normalized spacial score (nSPS) is 21.2. The molecular formula is C24H22ClNO4. The van der Waals surface area contributed by atoms with E-state index in [9.17, 15) is 14.7 Å². The molecule has 30 heavy (non-hydrogen) atoms. The third kappa shape index (κ3) is 3.61. The van der Waals surface area contributed by atoms with E-state index in [4.69, 9.17) is 16.3 Å². The standard InChI is InChI=1S/C24H22ClNO4/c1-13-21(24(29)30-2)22(15-4-3-5-18(27)10-15)23-19(26-13)11-16(12-20(23)28)14-6-8-17(25)9-7-14/h3-10,16,22,26-27H,11-12H2,1-2H3. The van der Waals surface area contributed by atoms with Crippen molar-refractivity contribution < 1.29 is 19.4 Å². The van der Waals surface area contributed by atoms with Gasteiger partial charge in [-0.3, -0.25) is 4.79 Å². The average molecular weight is 424 g/mol. The molecule has 2 N–H and O–H groups in total. The van der Waals surface area contributed by atoms with Crippen LogP contribution in [0.5, 0.6) is 5.75 Å². The molecule has 0 radical (unpaired) electrons. The zero-order chi connectivity index (χ0) is 21.4. The number of ketones is 1. The van der Waals surface area contributed by atoms with E-state index in [1.54, 1.807) is 18.2 Å². The number of allylic oxidation sites excluding steroid dienone is 3. The van der Waals surface area contributed by atoms with E-state index in [-0.39, 0.29) is 17.5 Å². The summed E-state index contributed by atoms with van der Waals surface area (Å²) in [6.07, 6.45) is 0.981. The molecule has 1 aliphatic carbocycles. The fourth-order valence-corrected chi connectivity index (χ4v) is 4.55. The molecule has 0 saturated heterocycles. The van der Waals surface area contributed by atoms with Crippen LogP contribution in [-0.4, -0.2) is 24.0 Å². The first-order chi connectivity index (χ1) is 14.4. The summed E-state index contributed by atoms with van der Waals surface area (Å²) in [5.74, 6) is -0.992. The Kier molecular flexibility index (Phi) is 5.39. The number of carbonyl (C=O) groups is 2. The van der Waals surface area contributed by atoms with Crippen LogP contribution < -0.4 is 5.32 Å². The van der Waals surface area contributed by atoms with Crippen molar-refractivity contribution in [2.24, 2.45) is 0 Å². The number of nitrogens with one attached hydrogen (secondary N) is 1. The van der Waals surface area contributed by atoms with Crippen LogP contribution in [0.2, 0.25) is 5.02 Å². The molecule has 6 heteroatoms. The number of carbonyl (C=O) groups excluding carboxylic acids is 2. The zero-order valence-corrected chi connectivity index (χ0v) is 17.5. The SMILES string of the molecule is COC(=O)C1=C(C)NC2=C(C(=O)CC(c3ccc(Cl)cc3)C2)C1c1cccc(O)c1. The third-order valence-electron chi connectivity index (χ3n) is 5.78. The summed E-state index contributed by atoms with van der Waals surface area (Å²) in [4.78, 5) is 26.0. The lowest BCUT2D eigenvalue weighted by atomic mass is 9.71. The van der Waals surface area contributed by atoms with Crippen molar-refractivity contribution in [1.82, 2.24) is 5.32 Å². The predicted molar refractivity (Wildman–Crippen MR) is 114 cm³/mol. The van der Waals surface area contributed by atoms with Crippen LogP contribution in [0.4, 0.5) is 0 Å². The maximum Gasteiger partial charge on any atom is 0.336 e. The van der Waals surface area contributed by atoms with E-state index >= 15 is 0 Å². The Labute approximate surface area is 180 Å². The van der Waals surface area contributed by atoms with Gasteiger partial charge in [0.25, 0.3) is 0 Å². The minimum atomic E-state index is -0.584. The van der Waals surface area contributed by atoms with Crippen molar-refractivity contribution in [2.45, 2.75) is 31.6 Å². The number of phenolic OH excluding ortho intramolecular Hbond substituents is 1. The van der Waals surface area contributed by atoms with Gasteiger partial charge >= 0.3 is 5.97 Å². The van der Waals surface area contributed by atoms with E-state index < -0.39 is 11.9 Å². The summed E-state index contributed by atoms with van der Waals surface area (Å²) in [5, 5.41) is 14.0. The van der Waals surface area contributed by atoms with E-state index in [1.165, 1.54) is 7.11 Å². The molecule has 154 valence electrons. The Morgan fingerprint density at radius 3 is 2.53 bits per heavy atom. The van der Waals surface area contributed by atoms with Crippen molar-refractivity contribution in [1.29, 1.82) is 0 Å². The predicted octanol–water partition coefficient (Wildman–Crippen LogP) is 4.58. The molecule has 0 saturated carbocycles. The van der Waals surface area contributed by atoms with Crippen molar-refractivity contribution in [2.75, 3.05) is 7.11 Å². The highest BCUT2D eigenvalue weighted by molar-refractivity contribution is 6.30.